The highest BCUT2D eigenvalue weighted by atomic mass is 16.2. The lowest BCUT2D eigenvalue weighted by Gasteiger charge is -2.25. The highest BCUT2D eigenvalue weighted by Crippen LogP contribution is 2.04. The maximum atomic E-state index is 12.1. The maximum absolute atomic E-state index is 12.1. The lowest BCUT2D eigenvalue weighted by Crippen LogP contribution is -2.42. The van der Waals surface area contributed by atoms with Gasteiger partial charge < -0.3 is 15.1 Å². The van der Waals surface area contributed by atoms with E-state index in [1.807, 2.05) is 23.6 Å². The van der Waals surface area contributed by atoms with Gasteiger partial charge in [0.2, 0.25) is 11.8 Å². The second kappa shape index (κ2) is 8.92. The van der Waals surface area contributed by atoms with Crippen LogP contribution in [0.25, 0.3) is 0 Å². The van der Waals surface area contributed by atoms with Crippen molar-refractivity contribution in [2.75, 3.05) is 59.4 Å². The Labute approximate surface area is 122 Å². The summed E-state index contributed by atoms with van der Waals surface area (Å²) in [4.78, 5) is 29.9. The first-order chi connectivity index (χ1) is 9.62. The highest BCUT2D eigenvalue weighted by Gasteiger charge is 2.21. The number of nitrogens with zero attached hydrogens (tertiary/aromatic N) is 3. The molecule has 2 amide bonds. The predicted octanol–water partition coefficient (Wildman–Crippen LogP) is -0.391. The SMILES string of the molecule is CCN(CC)C(=O)CN1CCCN(C(=O)CNC)CC1. The number of carbonyl (C=O) groups is 2. The van der Waals surface area contributed by atoms with Crippen LogP contribution in [0.5, 0.6) is 0 Å². The van der Waals surface area contributed by atoms with E-state index in [2.05, 4.69) is 10.2 Å². The van der Waals surface area contributed by atoms with E-state index in [1.54, 1.807) is 7.05 Å². The molecule has 1 rings (SSSR count). The number of carbonyl (C=O) groups excluding carboxylic acids is 2. The van der Waals surface area contributed by atoms with Gasteiger partial charge in [0, 0.05) is 39.3 Å². The van der Waals surface area contributed by atoms with E-state index in [0.717, 1.165) is 39.1 Å². The number of rotatable bonds is 6. The number of hydrogen-bond acceptors (Lipinski definition) is 4. The van der Waals surface area contributed by atoms with Gasteiger partial charge in [-0.2, -0.15) is 0 Å². The normalized spacial score (nSPS) is 16.9. The first-order valence-electron chi connectivity index (χ1n) is 7.54. The van der Waals surface area contributed by atoms with Gasteiger partial charge in [-0.3, -0.25) is 14.5 Å². The molecule has 6 heteroatoms. The highest BCUT2D eigenvalue weighted by molar-refractivity contribution is 5.79. The van der Waals surface area contributed by atoms with E-state index in [4.69, 9.17) is 0 Å². The fourth-order valence-corrected chi connectivity index (χ4v) is 2.51. The van der Waals surface area contributed by atoms with Crippen molar-refractivity contribution >= 4 is 11.8 Å². The maximum Gasteiger partial charge on any atom is 0.236 e. The summed E-state index contributed by atoms with van der Waals surface area (Å²) in [7, 11) is 1.78. The van der Waals surface area contributed by atoms with E-state index in [-0.39, 0.29) is 11.8 Å². The molecule has 0 bridgehead atoms. The summed E-state index contributed by atoms with van der Waals surface area (Å²) in [5, 5.41) is 2.89. The monoisotopic (exact) mass is 284 g/mol. The topological polar surface area (TPSA) is 55.9 Å². The molecule has 116 valence electrons. The fourth-order valence-electron chi connectivity index (χ4n) is 2.51. The van der Waals surface area contributed by atoms with E-state index in [9.17, 15) is 9.59 Å². The van der Waals surface area contributed by atoms with Crippen LogP contribution in [-0.2, 0) is 9.59 Å². The van der Waals surface area contributed by atoms with E-state index >= 15 is 0 Å². The third-order valence-corrected chi connectivity index (χ3v) is 3.74. The van der Waals surface area contributed by atoms with Gasteiger partial charge in [0.05, 0.1) is 13.1 Å². The molecule has 0 aromatic heterocycles. The summed E-state index contributed by atoms with van der Waals surface area (Å²) in [6.45, 7) is 9.55. The molecule has 0 saturated carbocycles. The van der Waals surface area contributed by atoms with Gasteiger partial charge in [0.1, 0.15) is 0 Å². The molecule has 6 nitrogen and oxygen atoms in total. The average Bonchev–Trinajstić information content (AvgIpc) is 2.66. The first kappa shape index (κ1) is 16.9. The summed E-state index contributed by atoms with van der Waals surface area (Å²) in [5.41, 5.74) is 0. The molecular weight excluding hydrogens is 256 g/mol. The molecule has 1 aliphatic heterocycles. The van der Waals surface area contributed by atoms with Gasteiger partial charge in [-0.05, 0) is 27.3 Å². The number of nitrogens with one attached hydrogen (secondary N) is 1. The van der Waals surface area contributed by atoms with Gasteiger partial charge in [-0.15, -0.1) is 0 Å². The quantitative estimate of drug-likeness (QED) is 0.722. The Morgan fingerprint density at radius 3 is 2.40 bits per heavy atom. The van der Waals surface area contributed by atoms with Crippen molar-refractivity contribution < 1.29 is 9.59 Å². The van der Waals surface area contributed by atoms with Crippen LogP contribution in [-0.4, -0.2) is 85.9 Å². The van der Waals surface area contributed by atoms with Gasteiger partial charge in [-0.25, -0.2) is 0 Å². The number of hydrogen-bond donors (Lipinski definition) is 1. The zero-order chi connectivity index (χ0) is 15.0. The Balaban J connectivity index is 2.44. The molecule has 0 unspecified atom stereocenters. The molecule has 1 saturated heterocycles. The molecule has 0 aliphatic carbocycles. The molecule has 1 fully saturated rings. The smallest absolute Gasteiger partial charge is 0.236 e. The zero-order valence-corrected chi connectivity index (χ0v) is 13.0. The van der Waals surface area contributed by atoms with E-state index in [1.165, 1.54) is 0 Å². The van der Waals surface area contributed by atoms with Gasteiger partial charge in [0.25, 0.3) is 0 Å². The minimum absolute atomic E-state index is 0.143. The third-order valence-electron chi connectivity index (χ3n) is 3.74. The Bertz CT molecular complexity index is 318. The fraction of sp³-hybridized carbons (Fsp3) is 0.857. The Morgan fingerprint density at radius 2 is 1.80 bits per heavy atom. The largest absolute Gasteiger partial charge is 0.342 e. The first-order valence-corrected chi connectivity index (χ1v) is 7.54. The predicted molar refractivity (Wildman–Crippen MR) is 79.5 cm³/mol. The van der Waals surface area contributed by atoms with Crippen molar-refractivity contribution in [3.63, 3.8) is 0 Å². The molecule has 1 N–H and O–H groups in total. The minimum Gasteiger partial charge on any atom is -0.342 e. The van der Waals surface area contributed by atoms with Gasteiger partial charge in [-0.1, -0.05) is 0 Å². The van der Waals surface area contributed by atoms with Crippen molar-refractivity contribution in [2.45, 2.75) is 20.3 Å². The molecule has 1 heterocycles. The van der Waals surface area contributed by atoms with Crippen molar-refractivity contribution in [3.8, 4) is 0 Å². The summed E-state index contributed by atoms with van der Waals surface area (Å²) in [6, 6.07) is 0. The number of amides is 2. The molecule has 0 atom stereocenters. The van der Waals surface area contributed by atoms with E-state index < -0.39 is 0 Å². The van der Waals surface area contributed by atoms with Gasteiger partial charge in [0.15, 0.2) is 0 Å². The Morgan fingerprint density at radius 1 is 1.10 bits per heavy atom. The number of likely N-dealkylation sites (N-methyl/N-ethyl adjacent to an activating group) is 2. The van der Waals surface area contributed by atoms with Crippen molar-refractivity contribution in [1.82, 2.24) is 20.0 Å². The molecule has 1 aliphatic rings. The lowest BCUT2D eigenvalue weighted by molar-refractivity contribution is -0.132. The Kier molecular flexibility index (Phi) is 7.54. The summed E-state index contributed by atoms with van der Waals surface area (Å²) in [5.74, 6) is 0.328. The average molecular weight is 284 g/mol. The van der Waals surface area contributed by atoms with E-state index in [0.29, 0.717) is 19.6 Å². The third kappa shape index (κ3) is 5.09. The van der Waals surface area contributed by atoms with Crippen molar-refractivity contribution in [2.24, 2.45) is 0 Å². The van der Waals surface area contributed by atoms with Crippen LogP contribution in [0.3, 0.4) is 0 Å². The van der Waals surface area contributed by atoms with Crippen LogP contribution in [0.4, 0.5) is 0 Å². The minimum atomic E-state index is 0.143. The van der Waals surface area contributed by atoms with Gasteiger partial charge >= 0.3 is 0 Å². The van der Waals surface area contributed by atoms with Crippen molar-refractivity contribution in [3.05, 3.63) is 0 Å². The summed E-state index contributed by atoms with van der Waals surface area (Å²) < 4.78 is 0. The van der Waals surface area contributed by atoms with Crippen LogP contribution >= 0.6 is 0 Å². The van der Waals surface area contributed by atoms with Crippen LogP contribution in [0.2, 0.25) is 0 Å². The van der Waals surface area contributed by atoms with Crippen LogP contribution < -0.4 is 5.32 Å². The molecule has 0 radical (unpaired) electrons. The second-order valence-electron chi connectivity index (χ2n) is 5.11. The molecule has 0 aromatic carbocycles. The van der Waals surface area contributed by atoms with Crippen LogP contribution in [0, 0.1) is 0 Å². The standard InChI is InChI=1S/C14H28N4O2/c1-4-17(5-2)14(20)12-16-7-6-8-18(10-9-16)13(19)11-15-3/h15H,4-12H2,1-3H3. The molecule has 0 spiro atoms. The van der Waals surface area contributed by atoms with Crippen molar-refractivity contribution in [1.29, 1.82) is 0 Å². The van der Waals surface area contributed by atoms with Crippen LogP contribution in [0.15, 0.2) is 0 Å². The van der Waals surface area contributed by atoms with Crippen LogP contribution in [0.1, 0.15) is 20.3 Å². The molecule has 0 aromatic rings. The summed E-state index contributed by atoms with van der Waals surface area (Å²) in [6.07, 6.45) is 0.932. The summed E-state index contributed by atoms with van der Waals surface area (Å²) >= 11 is 0. The Hall–Kier alpha value is -1.14. The second-order valence-corrected chi connectivity index (χ2v) is 5.11. The molecule has 20 heavy (non-hydrogen) atoms. The zero-order valence-electron chi connectivity index (χ0n) is 13.0. The molecular formula is C14H28N4O2. The lowest BCUT2D eigenvalue weighted by atomic mass is 10.3.